The molecule has 2 aromatic rings. The second-order valence-electron chi connectivity index (χ2n) is 4.42. The maximum absolute atomic E-state index is 6.17. The van der Waals surface area contributed by atoms with Gasteiger partial charge in [-0.15, -0.1) is 0 Å². The monoisotopic (exact) mass is 226 g/mol. The molecule has 88 valence electrons. The molecule has 0 saturated heterocycles. The predicted octanol–water partition coefficient (Wildman–Crippen LogP) is 2.50. The standard InChI is InChI=1S/C15H18N2/c1-12-6-2-3-7-13(12)10-14(16)11-15-8-4-5-9-17-15/h2-9,14H,10-11,16H2,1H3. The van der Waals surface area contributed by atoms with Crippen LogP contribution in [-0.4, -0.2) is 11.0 Å². The Hall–Kier alpha value is -1.67. The van der Waals surface area contributed by atoms with Crippen LogP contribution in [0.5, 0.6) is 0 Å². The predicted molar refractivity (Wildman–Crippen MR) is 70.8 cm³/mol. The number of nitrogens with zero attached hydrogens (tertiary/aromatic N) is 1. The van der Waals surface area contributed by atoms with Crippen LogP contribution in [-0.2, 0) is 12.8 Å². The Morgan fingerprint density at radius 1 is 1.06 bits per heavy atom. The van der Waals surface area contributed by atoms with E-state index in [2.05, 4.69) is 36.2 Å². The number of hydrogen-bond donors (Lipinski definition) is 1. The minimum atomic E-state index is 0.131. The lowest BCUT2D eigenvalue weighted by Gasteiger charge is -2.12. The number of pyridine rings is 1. The third-order valence-corrected chi connectivity index (χ3v) is 2.94. The zero-order valence-electron chi connectivity index (χ0n) is 10.1. The lowest BCUT2D eigenvalue weighted by atomic mass is 9.99. The highest BCUT2D eigenvalue weighted by Gasteiger charge is 2.07. The van der Waals surface area contributed by atoms with E-state index in [0.717, 1.165) is 18.5 Å². The van der Waals surface area contributed by atoms with Crippen LogP contribution < -0.4 is 5.73 Å². The van der Waals surface area contributed by atoms with Crippen molar-refractivity contribution < 1.29 is 0 Å². The van der Waals surface area contributed by atoms with Gasteiger partial charge in [-0.1, -0.05) is 30.3 Å². The van der Waals surface area contributed by atoms with Crippen molar-refractivity contribution in [3.63, 3.8) is 0 Å². The minimum Gasteiger partial charge on any atom is -0.327 e. The van der Waals surface area contributed by atoms with Gasteiger partial charge in [0, 0.05) is 24.4 Å². The van der Waals surface area contributed by atoms with Gasteiger partial charge < -0.3 is 5.73 Å². The van der Waals surface area contributed by atoms with E-state index >= 15 is 0 Å². The molecule has 0 aliphatic carbocycles. The molecule has 0 aliphatic rings. The molecule has 1 heterocycles. The molecule has 17 heavy (non-hydrogen) atoms. The summed E-state index contributed by atoms with van der Waals surface area (Å²) in [7, 11) is 0. The van der Waals surface area contributed by atoms with Gasteiger partial charge in [0.25, 0.3) is 0 Å². The fourth-order valence-corrected chi connectivity index (χ4v) is 1.98. The van der Waals surface area contributed by atoms with Gasteiger partial charge in [-0.05, 0) is 36.6 Å². The molecule has 0 amide bonds. The smallest absolute Gasteiger partial charge is 0.0419 e. The van der Waals surface area contributed by atoms with Gasteiger partial charge in [-0.2, -0.15) is 0 Å². The lowest BCUT2D eigenvalue weighted by Crippen LogP contribution is -2.26. The summed E-state index contributed by atoms with van der Waals surface area (Å²) in [6, 6.07) is 14.5. The van der Waals surface area contributed by atoms with Crippen LogP contribution >= 0.6 is 0 Å². The normalized spacial score (nSPS) is 12.4. The molecular weight excluding hydrogens is 208 g/mol. The van der Waals surface area contributed by atoms with Crippen molar-refractivity contribution in [2.75, 3.05) is 0 Å². The summed E-state index contributed by atoms with van der Waals surface area (Å²) in [6.07, 6.45) is 3.55. The van der Waals surface area contributed by atoms with Crippen LogP contribution in [0, 0.1) is 6.92 Å². The van der Waals surface area contributed by atoms with Gasteiger partial charge in [-0.3, -0.25) is 4.98 Å². The Bertz CT molecular complexity index is 465. The molecule has 2 heteroatoms. The van der Waals surface area contributed by atoms with E-state index < -0.39 is 0 Å². The summed E-state index contributed by atoms with van der Waals surface area (Å²) in [5, 5.41) is 0. The van der Waals surface area contributed by atoms with Crippen LogP contribution in [0.15, 0.2) is 48.7 Å². The zero-order chi connectivity index (χ0) is 12.1. The summed E-state index contributed by atoms with van der Waals surface area (Å²) >= 11 is 0. The summed E-state index contributed by atoms with van der Waals surface area (Å²) in [5.74, 6) is 0. The highest BCUT2D eigenvalue weighted by molar-refractivity contribution is 5.26. The van der Waals surface area contributed by atoms with Crippen LogP contribution in [0.2, 0.25) is 0 Å². The minimum absolute atomic E-state index is 0.131. The first kappa shape index (κ1) is 11.8. The highest BCUT2D eigenvalue weighted by Crippen LogP contribution is 2.10. The fourth-order valence-electron chi connectivity index (χ4n) is 1.98. The Labute approximate surface area is 103 Å². The van der Waals surface area contributed by atoms with Crippen molar-refractivity contribution in [2.45, 2.75) is 25.8 Å². The molecule has 2 N–H and O–H groups in total. The molecule has 0 aliphatic heterocycles. The van der Waals surface area contributed by atoms with E-state index in [1.54, 1.807) is 0 Å². The van der Waals surface area contributed by atoms with Gasteiger partial charge in [0.2, 0.25) is 0 Å². The van der Waals surface area contributed by atoms with E-state index in [0.29, 0.717) is 0 Å². The average molecular weight is 226 g/mol. The average Bonchev–Trinajstić information content (AvgIpc) is 2.33. The number of aromatic nitrogens is 1. The van der Waals surface area contributed by atoms with E-state index in [-0.39, 0.29) is 6.04 Å². The first-order valence-electron chi connectivity index (χ1n) is 5.95. The topological polar surface area (TPSA) is 38.9 Å². The van der Waals surface area contributed by atoms with Crippen LogP contribution in [0.25, 0.3) is 0 Å². The maximum Gasteiger partial charge on any atom is 0.0419 e. The third-order valence-electron chi connectivity index (χ3n) is 2.94. The zero-order valence-corrected chi connectivity index (χ0v) is 10.1. The Balaban J connectivity index is 1.98. The van der Waals surface area contributed by atoms with E-state index in [9.17, 15) is 0 Å². The molecule has 1 aromatic carbocycles. The molecule has 2 rings (SSSR count). The number of benzene rings is 1. The van der Waals surface area contributed by atoms with Crippen molar-refractivity contribution in [3.8, 4) is 0 Å². The van der Waals surface area contributed by atoms with Crippen molar-refractivity contribution in [1.82, 2.24) is 4.98 Å². The molecule has 2 nitrogen and oxygen atoms in total. The largest absolute Gasteiger partial charge is 0.327 e. The summed E-state index contributed by atoms with van der Waals surface area (Å²) < 4.78 is 0. The molecule has 0 fully saturated rings. The molecule has 1 unspecified atom stereocenters. The van der Waals surface area contributed by atoms with Crippen LogP contribution in [0.1, 0.15) is 16.8 Å². The maximum atomic E-state index is 6.17. The molecule has 0 saturated carbocycles. The third kappa shape index (κ3) is 3.40. The number of aryl methyl sites for hydroxylation is 1. The molecule has 0 bridgehead atoms. The number of hydrogen-bond acceptors (Lipinski definition) is 2. The lowest BCUT2D eigenvalue weighted by molar-refractivity contribution is 0.652. The second kappa shape index (κ2) is 5.60. The quantitative estimate of drug-likeness (QED) is 0.870. The first-order chi connectivity index (χ1) is 8.25. The molecule has 0 spiro atoms. The van der Waals surface area contributed by atoms with Crippen molar-refractivity contribution in [2.24, 2.45) is 5.73 Å². The Kier molecular flexibility index (Phi) is 3.89. The van der Waals surface area contributed by atoms with Crippen molar-refractivity contribution in [1.29, 1.82) is 0 Å². The van der Waals surface area contributed by atoms with E-state index in [4.69, 9.17) is 5.73 Å². The summed E-state index contributed by atoms with van der Waals surface area (Å²) in [4.78, 5) is 4.30. The van der Waals surface area contributed by atoms with Crippen LogP contribution in [0.4, 0.5) is 0 Å². The van der Waals surface area contributed by atoms with E-state index in [1.807, 2.05) is 24.4 Å². The van der Waals surface area contributed by atoms with Gasteiger partial charge >= 0.3 is 0 Å². The SMILES string of the molecule is Cc1ccccc1CC(N)Cc1ccccn1. The Morgan fingerprint density at radius 2 is 1.82 bits per heavy atom. The van der Waals surface area contributed by atoms with Gasteiger partial charge in [0.15, 0.2) is 0 Å². The Morgan fingerprint density at radius 3 is 2.53 bits per heavy atom. The first-order valence-corrected chi connectivity index (χ1v) is 5.95. The molecule has 1 atom stereocenters. The van der Waals surface area contributed by atoms with E-state index in [1.165, 1.54) is 11.1 Å². The van der Waals surface area contributed by atoms with Crippen molar-refractivity contribution in [3.05, 3.63) is 65.5 Å². The summed E-state index contributed by atoms with van der Waals surface area (Å²) in [5.41, 5.74) is 9.87. The van der Waals surface area contributed by atoms with Gasteiger partial charge in [-0.25, -0.2) is 0 Å². The highest BCUT2D eigenvalue weighted by atomic mass is 14.7. The van der Waals surface area contributed by atoms with Gasteiger partial charge in [0.05, 0.1) is 0 Å². The second-order valence-corrected chi connectivity index (χ2v) is 4.42. The molecule has 0 radical (unpaired) electrons. The number of nitrogens with two attached hydrogens (primary N) is 1. The van der Waals surface area contributed by atoms with Crippen molar-refractivity contribution >= 4 is 0 Å². The molecule has 1 aromatic heterocycles. The summed E-state index contributed by atoms with van der Waals surface area (Å²) in [6.45, 7) is 2.13. The fraction of sp³-hybridized carbons (Fsp3) is 0.267. The van der Waals surface area contributed by atoms with Gasteiger partial charge in [0.1, 0.15) is 0 Å². The molecular formula is C15H18N2. The van der Waals surface area contributed by atoms with Crippen LogP contribution in [0.3, 0.4) is 0 Å². The number of rotatable bonds is 4.